The summed E-state index contributed by atoms with van der Waals surface area (Å²) in [5.41, 5.74) is 6.76. The number of aromatic nitrogens is 1. The molecule has 5 nitrogen and oxygen atoms in total. The zero-order chi connectivity index (χ0) is 11.4. The first kappa shape index (κ1) is 11.0. The van der Waals surface area contributed by atoms with Crippen LogP contribution in [0, 0.1) is 5.92 Å². The number of nitrogens with two attached hydrogens (primary N) is 1. The lowest BCUT2D eigenvalue weighted by Gasteiger charge is -2.31. The van der Waals surface area contributed by atoms with E-state index in [2.05, 4.69) is 22.0 Å². The molecule has 1 aliphatic heterocycles. The number of guanidine groups is 1. The van der Waals surface area contributed by atoms with Gasteiger partial charge in [-0.1, -0.05) is 12.1 Å². The van der Waals surface area contributed by atoms with E-state index in [0.29, 0.717) is 18.4 Å². The van der Waals surface area contributed by atoms with Gasteiger partial charge in [-0.05, 0) is 18.8 Å². The Morgan fingerprint density at radius 1 is 1.75 bits per heavy atom. The highest BCUT2D eigenvalue weighted by molar-refractivity contribution is 5.78. The second kappa shape index (κ2) is 5.01. The number of likely N-dealkylation sites (tertiary alicyclic amines) is 1. The van der Waals surface area contributed by atoms with Crippen molar-refractivity contribution in [2.24, 2.45) is 16.6 Å². The monoisotopic (exact) mass is 222 g/mol. The Hall–Kier alpha value is -1.52. The largest absolute Gasteiger partial charge is 0.370 e. The molecule has 0 amide bonds. The average molecular weight is 222 g/mol. The quantitative estimate of drug-likeness (QED) is 0.603. The smallest absolute Gasteiger partial charge is 0.191 e. The van der Waals surface area contributed by atoms with Gasteiger partial charge in [-0.2, -0.15) is 0 Å². The van der Waals surface area contributed by atoms with Crippen LogP contribution in [-0.4, -0.2) is 29.1 Å². The van der Waals surface area contributed by atoms with Gasteiger partial charge in [0.2, 0.25) is 0 Å². The molecule has 0 saturated carbocycles. The Morgan fingerprint density at radius 2 is 2.62 bits per heavy atom. The van der Waals surface area contributed by atoms with Crippen molar-refractivity contribution < 1.29 is 4.52 Å². The summed E-state index contributed by atoms with van der Waals surface area (Å²) < 4.78 is 4.74. The fourth-order valence-electron chi connectivity index (χ4n) is 1.98. The molecule has 0 aliphatic carbocycles. The van der Waals surface area contributed by atoms with Gasteiger partial charge in [-0.3, -0.25) is 0 Å². The highest BCUT2D eigenvalue weighted by atomic mass is 16.5. The van der Waals surface area contributed by atoms with Crippen LogP contribution in [0.1, 0.15) is 25.5 Å². The molecule has 0 aromatic carbocycles. The molecule has 0 spiro atoms. The summed E-state index contributed by atoms with van der Waals surface area (Å²) in [7, 11) is 0. The molecule has 1 aromatic rings. The van der Waals surface area contributed by atoms with Crippen LogP contribution in [0.5, 0.6) is 0 Å². The maximum absolute atomic E-state index is 5.94. The lowest BCUT2D eigenvalue weighted by molar-refractivity contribution is 0.270. The van der Waals surface area contributed by atoms with Crippen molar-refractivity contribution in [2.75, 3.05) is 13.1 Å². The molecule has 5 heteroatoms. The number of hydrogen-bond donors (Lipinski definition) is 1. The predicted octanol–water partition coefficient (Wildman–Crippen LogP) is 1.22. The fraction of sp³-hybridized carbons (Fsp3) is 0.636. The molecular formula is C11H18N4O. The Labute approximate surface area is 95.3 Å². The van der Waals surface area contributed by atoms with E-state index in [4.69, 9.17) is 10.3 Å². The van der Waals surface area contributed by atoms with Crippen LogP contribution in [0.3, 0.4) is 0 Å². The van der Waals surface area contributed by atoms with Gasteiger partial charge in [0.15, 0.2) is 5.96 Å². The third kappa shape index (κ3) is 2.74. The molecule has 0 bridgehead atoms. The van der Waals surface area contributed by atoms with Crippen LogP contribution in [0.2, 0.25) is 0 Å². The number of nitrogens with zero attached hydrogens (tertiary/aromatic N) is 3. The molecule has 1 aliphatic rings. The van der Waals surface area contributed by atoms with E-state index in [-0.39, 0.29) is 0 Å². The zero-order valence-corrected chi connectivity index (χ0v) is 9.59. The van der Waals surface area contributed by atoms with Crippen molar-refractivity contribution in [2.45, 2.75) is 26.3 Å². The molecule has 1 saturated heterocycles. The molecule has 2 N–H and O–H groups in total. The van der Waals surface area contributed by atoms with Crippen molar-refractivity contribution in [3.8, 4) is 0 Å². The van der Waals surface area contributed by atoms with Crippen LogP contribution in [-0.2, 0) is 6.54 Å². The third-order valence-electron chi connectivity index (χ3n) is 2.88. The number of piperidine rings is 1. The minimum absolute atomic E-state index is 0.493. The van der Waals surface area contributed by atoms with Crippen molar-refractivity contribution in [3.05, 3.63) is 18.0 Å². The van der Waals surface area contributed by atoms with Crippen molar-refractivity contribution in [3.63, 3.8) is 0 Å². The van der Waals surface area contributed by atoms with Gasteiger partial charge in [0.1, 0.15) is 12.0 Å². The van der Waals surface area contributed by atoms with Gasteiger partial charge < -0.3 is 15.2 Å². The van der Waals surface area contributed by atoms with Gasteiger partial charge in [0.05, 0.1) is 6.54 Å². The molecule has 16 heavy (non-hydrogen) atoms. The van der Waals surface area contributed by atoms with Gasteiger partial charge in [-0.25, -0.2) is 4.99 Å². The third-order valence-corrected chi connectivity index (χ3v) is 2.88. The molecule has 2 rings (SSSR count). The molecule has 1 atom stereocenters. The predicted molar refractivity (Wildman–Crippen MR) is 61.8 cm³/mol. The van der Waals surface area contributed by atoms with Crippen molar-refractivity contribution >= 4 is 5.96 Å². The zero-order valence-electron chi connectivity index (χ0n) is 9.59. The maximum Gasteiger partial charge on any atom is 0.191 e. The van der Waals surface area contributed by atoms with Gasteiger partial charge in [0.25, 0.3) is 0 Å². The minimum Gasteiger partial charge on any atom is -0.370 e. The summed E-state index contributed by atoms with van der Waals surface area (Å²) in [6.45, 7) is 4.76. The Kier molecular flexibility index (Phi) is 3.44. The summed E-state index contributed by atoms with van der Waals surface area (Å²) >= 11 is 0. The number of hydrogen-bond acceptors (Lipinski definition) is 3. The van der Waals surface area contributed by atoms with E-state index >= 15 is 0 Å². The first-order chi connectivity index (χ1) is 7.75. The van der Waals surface area contributed by atoms with Crippen LogP contribution in [0.4, 0.5) is 0 Å². The summed E-state index contributed by atoms with van der Waals surface area (Å²) in [5.74, 6) is 1.32. The topological polar surface area (TPSA) is 67.7 Å². The van der Waals surface area contributed by atoms with Gasteiger partial charge in [-0.15, -0.1) is 0 Å². The van der Waals surface area contributed by atoms with Crippen LogP contribution >= 0.6 is 0 Å². The Bertz CT molecular complexity index is 347. The standard InChI is InChI=1S/C11H18N4O/c1-9-3-2-5-15(8-9)11(12)13-7-10-4-6-16-14-10/h4,6,9H,2-3,5,7-8H2,1H3,(H2,12,13). The molecule has 1 unspecified atom stereocenters. The van der Waals surface area contributed by atoms with Gasteiger partial charge in [0, 0.05) is 19.2 Å². The summed E-state index contributed by atoms with van der Waals surface area (Å²) in [6.07, 6.45) is 4.03. The molecule has 1 fully saturated rings. The van der Waals surface area contributed by atoms with Crippen molar-refractivity contribution in [1.82, 2.24) is 10.1 Å². The molecule has 0 radical (unpaired) electrons. The Balaban J connectivity index is 1.90. The van der Waals surface area contributed by atoms with E-state index in [9.17, 15) is 0 Å². The lowest BCUT2D eigenvalue weighted by Crippen LogP contribution is -2.43. The van der Waals surface area contributed by atoms with E-state index in [1.807, 2.05) is 0 Å². The first-order valence-corrected chi connectivity index (χ1v) is 5.70. The number of rotatable bonds is 2. The normalized spacial score (nSPS) is 22.4. The highest BCUT2D eigenvalue weighted by Crippen LogP contribution is 2.14. The molecule has 2 heterocycles. The van der Waals surface area contributed by atoms with Crippen LogP contribution in [0.15, 0.2) is 21.8 Å². The number of aliphatic imine (C=N–C) groups is 1. The maximum atomic E-state index is 5.94. The lowest BCUT2D eigenvalue weighted by atomic mass is 10.0. The Morgan fingerprint density at radius 3 is 3.31 bits per heavy atom. The van der Waals surface area contributed by atoms with E-state index in [1.54, 1.807) is 12.3 Å². The summed E-state index contributed by atoms with van der Waals surface area (Å²) in [4.78, 5) is 6.47. The second-order valence-electron chi connectivity index (χ2n) is 4.36. The average Bonchev–Trinajstić information content (AvgIpc) is 2.78. The summed E-state index contributed by atoms with van der Waals surface area (Å²) in [6, 6.07) is 1.80. The first-order valence-electron chi connectivity index (χ1n) is 5.70. The van der Waals surface area contributed by atoms with E-state index in [1.165, 1.54) is 12.8 Å². The molecule has 88 valence electrons. The van der Waals surface area contributed by atoms with E-state index in [0.717, 1.165) is 18.8 Å². The SMILES string of the molecule is CC1CCCN(C(N)=NCc2ccon2)C1. The summed E-state index contributed by atoms with van der Waals surface area (Å²) in [5, 5.41) is 3.79. The molecule has 1 aromatic heterocycles. The minimum atomic E-state index is 0.493. The van der Waals surface area contributed by atoms with Gasteiger partial charge >= 0.3 is 0 Å². The highest BCUT2D eigenvalue weighted by Gasteiger charge is 2.17. The van der Waals surface area contributed by atoms with E-state index < -0.39 is 0 Å². The molecular weight excluding hydrogens is 204 g/mol. The van der Waals surface area contributed by atoms with Crippen LogP contribution in [0.25, 0.3) is 0 Å². The van der Waals surface area contributed by atoms with Crippen LogP contribution < -0.4 is 5.73 Å². The second-order valence-corrected chi connectivity index (χ2v) is 4.36. The van der Waals surface area contributed by atoms with Crippen molar-refractivity contribution in [1.29, 1.82) is 0 Å². The fourth-order valence-corrected chi connectivity index (χ4v) is 1.98.